The average molecular weight is 283 g/mol. The standard InChI is InChI=1S/C13H12BrFO/c1-2-12-11(7-8-16-12)13(14)9-3-5-10(15)6-4-9/h3-8,13H,2H2,1H3. The van der Waals surface area contributed by atoms with Gasteiger partial charge in [-0.1, -0.05) is 35.0 Å². The van der Waals surface area contributed by atoms with Crippen molar-refractivity contribution in [1.29, 1.82) is 0 Å². The van der Waals surface area contributed by atoms with Gasteiger partial charge in [-0.05, 0) is 23.8 Å². The van der Waals surface area contributed by atoms with E-state index in [1.807, 2.05) is 13.0 Å². The molecule has 16 heavy (non-hydrogen) atoms. The molecule has 0 fully saturated rings. The van der Waals surface area contributed by atoms with E-state index >= 15 is 0 Å². The van der Waals surface area contributed by atoms with E-state index in [0.29, 0.717) is 0 Å². The van der Waals surface area contributed by atoms with Crippen LogP contribution in [0.25, 0.3) is 0 Å². The first-order valence-electron chi connectivity index (χ1n) is 5.18. The number of halogens is 2. The highest BCUT2D eigenvalue weighted by molar-refractivity contribution is 9.09. The molecular formula is C13H12BrFO. The summed E-state index contributed by atoms with van der Waals surface area (Å²) < 4.78 is 18.2. The van der Waals surface area contributed by atoms with Crippen molar-refractivity contribution < 1.29 is 8.81 Å². The fourth-order valence-electron chi connectivity index (χ4n) is 1.68. The van der Waals surface area contributed by atoms with Crippen LogP contribution in [0.2, 0.25) is 0 Å². The number of rotatable bonds is 3. The van der Waals surface area contributed by atoms with Gasteiger partial charge in [0.15, 0.2) is 0 Å². The monoisotopic (exact) mass is 282 g/mol. The lowest BCUT2D eigenvalue weighted by atomic mass is 10.0. The number of aryl methyl sites for hydroxylation is 1. The molecule has 0 N–H and O–H groups in total. The molecule has 0 aliphatic heterocycles. The number of hydrogen-bond acceptors (Lipinski definition) is 1. The van der Waals surface area contributed by atoms with E-state index in [1.165, 1.54) is 12.1 Å². The van der Waals surface area contributed by atoms with Crippen LogP contribution in [0.1, 0.15) is 28.6 Å². The van der Waals surface area contributed by atoms with E-state index in [0.717, 1.165) is 23.3 Å². The van der Waals surface area contributed by atoms with Crippen LogP contribution in [0.4, 0.5) is 4.39 Å². The molecule has 84 valence electrons. The minimum Gasteiger partial charge on any atom is -0.469 e. The third-order valence-corrected chi connectivity index (χ3v) is 3.56. The maximum absolute atomic E-state index is 12.8. The molecule has 3 heteroatoms. The largest absolute Gasteiger partial charge is 0.469 e. The van der Waals surface area contributed by atoms with E-state index in [9.17, 15) is 4.39 Å². The van der Waals surface area contributed by atoms with Crippen molar-refractivity contribution >= 4 is 15.9 Å². The average Bonchev–Trinajstić information content (AvgIpc) is 2.77. The summed E-state index contributed by atoms with van der Waals surface area (Å²) in [6.45, 7) is 2.05. The maximum Gasteiger partial charge on any atom is 0.123 e. The van der Waals surface area contributed by atoms with Gasteiger partial charge in [-0.2, -0.15) is 0 Å². The summed E-state index contributed by atoms with van der Waals surface area (Å²) in [6, 6.07) is 8.44. The zero-order valence-electron chi connectivity index (χ0n) is 8.91. The molecule has 0 aliphatic rings. The van der Waals surface area contributed by atoms with Crippen LogP contribution < -0.4 is 0 Å². The normalized spacial score (nSPS) is 12.7. The van der Waals surface area contributed by atoms with Crippen molar-refractivity contribution in [2.24, 2.45) is 0 Å². The molecule has 1 unspecified atom stereocenters. The summed E-state index contributed by atoms with van der Waals surface area (Å²) in [4.78, 5) is 0.0572. The van der Waals surface area contributed by atoms with Gasteiger partial charge in [-0.25, -0.2) is 4.39 Å². The Morgan fingerprint density at radius 3 is 2.56 bits per heavy atom. The Balaban J connectivity index is 2.31. The Morgan fingerprint density at radius 2 is 1.94 bits per heavy atom. The highest BCUT2D eigenvalue weighted by atomic mass is 79.9. The van der Waals surface area contributed by atoms with E-state index in [2.05, 4.69) is 15.9 Å². The van der Waals surface area contributed by atoms with Crippen molar-refractivity contribution in [3.8, 4) is 0 Å². The maximum atomic E-state index is 12.8. The lowest BCUT2D eigenvalue weighted by molar-refractivity contribution is 0.512. The fourth-order valence-corrected chi connectivity index (χ4v) is 2.39. The SMILES string of the molecule is CCc1occc1C(Br)c1ccc(F)cc1. The molecular weight excluding hydrogens is 271 g/mol. The molecule has 1 heterocycles. The highest BCUT2D eigenvalue weighted by Gasteiger charge is 2.15. The Labute approximate surface area is 102 Å². The van der Waals surface area contributed by atoms with Crippen LogP contribution in [0.3, 0.4) is 0 Å². The topological polar surface area (TPSA) is 13.1 Å². The van der Waals surface area contributed by atoms with Gasteiger partial charge in [0, 0.05) is 12.0 Å². The van der Waals surface area contributed by atoms with E-state index in [4.69, 9.17) is 4.42 Å². The fraction of sp³-hybridized carbons (Fsp3) is 0.231. The second-order valence-electron chi connectivity index (χ2n) is 3.57. The van der Waals surface area contributed by atoms with Crippen molar-refractivity contribution in [2.45, 2.75) is 18.2 Å². The van der Waals surface area contributed by atoms with Crippen LogP contribution in [-0.2, 0) is 6.42 Å². The van der Waals surface area contributed by atoms with E-state index in [1.54, 1.807) is 18.4 Å². The van der Waals surface area contributed by atoms with Crippen molar-refractivity contribution in [3.05, 3.63) is 59.3 Å². The molecule has 2 aromatic rings. The van der Waals surface area contributed by atoms with Gasteiger partial charge < -0.3 is 4.42 Å². The highest BCUT2D eigenvalue weighted by Crippen LogP contribution is 2.33. The Hall–Kier alpha value is -1.09. The molecule has 0 bridgehead atoms. The number of furan rings is 1. The smallest absolute Gasteiger partial charge is 0.123 e. The van der Waals surface area contributed by atoms with Gasteiger partial charge in [0.05, 0.1) is 11.1 Å². The minimum absolute atomic E-state index is 0.0572. The first-order valence-corrected chi connectivity index (χ1v) is 6.09. The van der Waals surface area contributed by atoms with Crippen LogP contribution in [0, 0.1) is 5.82 Å². The predicted molar refractivity (Wildman–Crippen MR) is 65.3 cm³/mol. The van der Waals surface area contributed by atoms with E-state index in [-0.39, 0.29) is 10.6 Å². The molecule has 0 spiro atoms. The van der Waals surface area contributed by atoms with Crippen LogP contribution in [0.15, 0.2) is 41.0 Å². The number of alkyl halides is 1. The molecule has 1 aromatic carbocycles. The molecule has 1 nitrogen and oxygen atoms in total. The lowest BCUT2D eigenvalue weighted by Gasteiger charge is -2.09. The van der Waals surface area contributed by atoms with Crippen LogP contribution in [-0.4, -0.2) is 0 Å². The molecule has 0 saturated heterocycles. The predicted octanol–water partition coefficient (Wildman–Crippen LogP) is 4.47. The third kappa shape index (κ3) is 2.19. The number of benzene rings is 1. The summed E-state index contributed by atoms with van der Waals surface area (Å²) in [5, 5.41) is 0. The van der Waals surface area contributed by atoms with Crippen molar-refractivity contribution in [1.82, 2.24) is 0 Å². The van der Waals surface area contributed by atoms with Crippen molar-refractivity contribution in [3.63, 3.8) is 0 Å². The first-order chi connectivity index (χ1) is 7.72. The van der Waals surface area contributed by atoms with Gasteiger partial charge in [0.25, 0.3) is 0 Å². The Morgan fingerprint density at radius 1 is 1.25 bits per heavy atom. The summed E-state index contributed by atoms with van der Waals surface area (Å²) in [6.07, 6.45) is 2.54. The van der Waals surface area contributed by atoms with Gasteiger partial charge in [-0.3, -0.25) is 0 Å². The molecule has 1 atom stereocenters. The first kappa shape index (κ1) is 11.4. The summed E-state index contributed by atoms with van der Waals surface area (Å²) >= 11 is 3.61. The summed E-state index contributed by atoms with van der Waals surface area (Å²) in [5.74, 6) is 0.748. The zero-order chi connectivity index (χ0) is 11.5. The Kier molecular flexibility index (Phi) is 3.44. The van der Waals surface area contributed by atoms with Crippen molar-refractivity contribution in [2.75, 3.05) is 0 Å². The molecule has 0 radical (unpaired) electrons. The summed E-state index contributed by atoms with van der Waals surface area (Å²) in [5.41, 5.74) is 2.13. The minimum atomic E-state index is -0.216. The molecule has 0 aliphatic carbocycles. The van der Waals surface area contributed by atoms with Crippen LogP contribution >= 0.6 is 15.9 Å². The number of hydrogen-bond donors (Lipinski definition) is 0. The van der Waals surface area contributed by atoms with Gasteiger partial charge >= 0.3 is 0 Å². The van der Waals surface area contributed by atoms with Gasteiger partial charge in [0.1, 0.15) is 11.6 Å². The molecule has 1 aromatic heterocycles. The second-order valence-corrected chi connectivity index (χ2v) is 4.48. The molecule has 0 saturated carbocycles. The second kappa shape index (κ2) is 4.83. The van der Waals surface area contributed by atoms with Gasteiger partial charge in [-0.15, -0.1) is 0 Å². The van der Waals surface area contributed by atoms with Crippen LogP contribution in [0.5, 0.6) is 0 Å². The molecule has 0 amide bonds. The summed E-state index contributed by atoms with van der Waals surface area (Å²) in [7, 11) is 0. The van der Waals surface area contributed by atoms with E-state index < -0.39 is 0 Å². The quantitative estimate of drug-likeness (QED) is 0.758. The lowest BCUT2D eigenvalue weighted by Crippen LogP contribution is -1.94. The Bertz CT molecular complexity index is 461. The molecule has 2 rings (SSSR count). The zero-order valence-corrected chi connectivity index (χ0v) is 10.5. The third-order valence-electron chi connectivity index (χ3n) is 2.54. The van der Waals surface area contributed by atoms with Gasteiger partial charge in [0.2, 0.25) is 0 Å².